The molecule has 6 nitrogen and oxygen atoms in total. The lowest BCUT2D eigenvalue weighted by Gasteiger charge is -2.17. The molecule has 5 rings (SSSR count). The lowest BCUT2D eigenvalue weighted by molar-refractivity contribution is 0.305. The van der Waals surface area contributed by atoms with Gasteiger partial charge in [0.15, 0.2) is 5.82 Å². The van der Waals surface area contributed by atoms with E-state index in [1.54, 1.807) is 37.6 Å². The molecule has 0 radical (unpaired) electrons. The zero-order valence-corrected chi connectivity index (χ0v) is 27.4. The van der Waals surface area contributed by atoms with Crippen molar-refractivity contribution in [3.8, 4) is 22.9 Å². The fourth-order valence-electron chi connectivity index (χ4n) is 4.64. The van der Waals surface area contributed by atoms with Gasteiger partial charge in [-0.2, -0.15) is 9.78 Å². The van der Waals surface area contributed by atoms with Gasteiger partial charge in [-0.3, -0.25) is 4.79 Å². The molecule has 9 heteroatoms. The number of benzene rings is 4. The Morgan fingerprint density at radius 1 is 1.02 bits per heavy atom. The largest absolute Gasteiger partial charge is 0.496 e. The minimum absolute atomic E-state index is 0.195. The summed E-state index contributed by atoms with van der Waals surface area (Å²) in [5.74, 6) is 1.99. The van der Waals surface area contributed by atoms with Crippen molar-refractivity contribution in [2.24, 2.45) is 5.10 Å². The van der Waals surface area contributed by atoms with E-state index in [-0.39, 0.29) is 11.5 Å². The smallest absolute Gasteiger partial charge is 0.282 e. The van der Waals surface area contributed by atoms with Crippen LogP contribution in [0.3, 0.4) is 0 Å². The Morgan fingerprint density at radius 3 is 2.55 bits per heavy atom. The highest BCUT2D eigenvalue weighted by molar-refractivity contribution is 9.11. The standard InChI is InChI=1S/C33H28Br2ClN3O3/c1-19(2)26-16-27(20(3)13-31(26)41-4)32-38-29-8-6-5-7-25(29)33(40)39(32)37-17-22-14-24(36)11-12-30(22)42-18-21-9-10-23(34)15-28(21)35/h5-17,19H,18H2,1-4H3. The van der Waals surface area contributed by atoms with Crippen LogP contribution in [0.5, 0.6) is 11.5 Å². The molecule has 0 bridgehead atoms. The molecule has 5 aromatic rings. The Balaban J connectivity index is 1.63. The first-order valence-corrected chi connectivity index (χ1v) is 15.2. The van der Waals surface area contributed by atoms with E-state index in [1.165, 1.54) is 4.68 Å². The summed E-state index contributed by atoms with van der Waals surface area (Å²) in [5, 5.41) is 5.67. The van der Waals surface area contributed by atoms with Crippen LogP contribution in [0.2, 0.25) is 5.02 Å². The highest BCUT2D eigenvalue weighted by Gasteiger charge is 2.18. The first-order chi connectivity index (χ1) is 20.2. The summed E-state index contributed by atoms with van der Waals surface area (Å²) in [6, 6.07) is 22.5. The van der Waals surface area contributed by atoms with Gasteiger partial charge in [0.05, 0.1) is 24.2 Å². The first kappa shape index (κ1) is 30.0. The van der Waals surface area contributed by atoms with E-state index in [0.29, 0.717) is 39.7 Å². The molecule has 4 aromatic carbocycles. The van der Waals surface area contributed by atoms with Crippen molar-refractivity contribution in [3.05, 3.63) is 119 Å². The average molecular weight is 710 g/mol. The topological polar surface area (TPSA) is 65.7 Å². The normalized spacial score (nSPS) is 11.5. The Labute approximate surface area is 266 Å². The predicted molar refractivity (Wildman–Crippen MR) is 177 cm³/mol. The predicted octanol–water partition coefficient (Wildman–Crippen LogP) is 9.14. The molecular weight excluding hydrogens is 682 g/mol. The second kappa shape index (κ2) is 12.8. The molecule has 1 heterocycles. The van der Waals surface area contributed by atoms with Crippen molar-refractivity contribution in [2.45, 2.75) is 33.3 Å². The molecule has 214 valence electrons. The van der Waals surface area contributed by atoms with Gasteiger partial charge in [0.1, 0.15) is 18.1 Å². The summed E-state index contributed by atoms with van der Waals surface area (Å²) in [5.41, 5.74) is 4.63. The number of para-hydroxylation sites is 1. The third kappa shape index (κ3) is 6.31. The number of rotatable bonds is 8. The minimum Gasteiger partial charge on any atom is -0.496 e. The molecule has 0 unspecified atom stereocenters. The van der Waals surface area contributed by atoms with Crippen LogP contribution >= 0.6 is 43.5 Å². The van der Waals surface area contributed by atoms with Gasteiger partial charge in [0, 0.05) is 30.7 Å². The van der Waals surface area contributed by atoms with Crippen LogP contribution < -0.4 is 15.0 Å². The second-order valence-corrected chi connectivity index (χ2v) is 12.3. The number of halogens is 3. The number of hydrogen-bond acceptors (Lipinski definition) is 5. The van der Waals surface area contributed by atoms with Gasteiger partial charge in [-0.05, 0) is 78.6 Å². The molecule has 0 aliphatic rings. The fraction of sp³-hybridized carbons (Fsp3) is 0.182. The van der Waals surface area contributed by atoms with Gasteiger partial charge in [-0.15, -0.1) is 0 Å². The molecule has 0 fully saturated rings. The Morgan fingerprint density at radius 2 is 1.81 bits per heavy atom. The van der Waals surface area contributed by atoms with Gasteiger partial charge in [0.25, 0.3) is 5.56 Å². The Bertz CT molecular complexity index is 1890. The van der Waals surface area contributed by atoms with E-state index in [4.69, 9.17) is 26.1 Å². The number of aromatic nitrogens is 2. The molecule has 0 saturated heterocycles. The number of ether oxygens (including phenoxy) is 2. The quantitative estimate of drug-likeness (QED) is 0.151. The van der Waals surface area contributed by atoms with E-state index in [2.05, 4.69) is 50.8 Å². The number of nitrogens with zero attached hydrogens (tertiary/aromatic N) is 3. The highest BCUT2D eigenvalue weighted by Crippen LogP contribution is 2.34. The molecule has 0 atom stereocenters. The SMILES string of the molecule is COc1cc(C)c(-c2nc3ccccc3c(=O)n2N=Cc2cc(Cl)ccc2OCc2ccc(Br)cc2Br)cc1C(C)C. The molecule has 0 amide bonds. The summed E-state index contributed by atoms with van der Waals surface area (Å²) in [7, 11) is 1.66. The van der Waals surface area contributed by atoms with Crippen LogP contribution in [-0.4, -0.2) is 23.0 Å². The van der Waals surface area contributed by atoms with Crippen LogP contribution in [0.15, 0.2) is 91.6 Å². The molecular formula is C33H28Br2ClN3O3. The van der Waals surface area contributed by atoms with Gasteiger partial charge in [0.2, 0.25) is 0 Å². The van der Waals surface area contributed by atoms with Gasteiger partial charge in [-0.25, -0.2) is 4.98 Å². The molecule has 0 spiro atoms. The number of aryl methyl sites for hydroxylation is 1. The molecule has 0 saturated carbocycles. The summed E-state index contributed by atoms with van der Waals surface area (Å²) in [4.78, 5) is 18.8. The molecule has 42 heavy (non-hydrogen) atoms. The van der Waals surface area contributed by atoms with Gasteiger partial charge >= 0.3 is 0 Å². The van der Waals surface area contributed by atoms with Crippen LogP contribution in [0, 0.1) is 6.92 Å². The van der Waals surface area contributed by atoms with E-state index >= 15 is 0 Å². The minimum atomic E-state index is -0.281. The first-order valence-electron chi connectivity index (χ1n) is 13.3. The summed E-state index contributed by atoms with van der Waals surface area (Å²) in [6.07, 6.45) is 1.58. The molecule has 0 aliphatic heterocycles. The fourth-order valence-corrected chi connectivity index (χ4v) is 5.98. The third-order valence-corrected chi connectivity index (χ3v) is 8.34. The Hall–Kier alpha value is -3.46. The van der Waals surface area contributed by atoms with Gasteiger partial charge in [-0.1, -0.05) is 75.5 Å². The number of fused-ring (bicyclic) bond motifs is 1. The van der Waals surface area contributed by atoms with Crippen LogP contribution in [0.4, 0.5) is 0 Å². The van der Waals surface area contributed by atoms with Crippen molar-refractivity contribution < 1.29 is 9.47 Å². The maximum Gasteiger partial charge on any atom is 0.282 e. The van der Waals surface area contributed by atoms with Crippen molar-refractivity contribution in [3.63, 3.8) is 0 Å². The zero-order chi connectivity index (χ0) is 30.0. The molecule has 1 aromatic heterocycles. The van der Waals surface area contributed by atoms with Gasteiger partial charge < -0.3 is 9.47 Å². The van der Waals surface area contributed by atoms with E-state index < -0.39 is 0 Å². The van der Waals surface area contributed by atoms with E-state index in [0.717, 1.165) is 36.9 Å². The maximum absolute atomic E-state index is 13.8. The Kier molecular flexibility index (Phi) is 9.16. The summed E-state index contributed by atoms with van der Waals surface area (Å²) >= 11 is 13.4. The zero-order valence-electron chi connectivity index (χ0n) is 23.5. The van der Waals surface area contributed by atoms with E-state index in [9.17, 15) is 4.79 Å². The third-order valence-electron chi connectivity index (χ3n) is 6.88. The number of methoxy groups -OCH3 is 1. The van der Waals surface area contributed by atoms with E-state index in [1.807, 2.05) is 55.5 Å². The van der Waals surface area contributed by atoms with Crippen LogP contribution in [-0.2, 0) is 6.61 Å². The monoisotopic (exact) mass is 707 g/mol. The number of hydrogen-bond donors (Lipinski definition) is 0. The van der Waals surface area contributed by atoms with Crippen molar-refractivity contribution in [1.29, 1.82) is 0 Å². The lowest BCUT2D eigenvalue weighted by atomic mass is 9.96. The summed E-state index contributed by atoms with van der Waals surface area (Å²) in [6.45, 7) is 6.50. The highest BCUT2D eigenvalue weighted by atomic mass is 79.9. The molecule has 0 aliphatic carbocycles. The van der Waals surface area contributed by atoms with Crippen LogP contribution in [0.1, 0.15) is 42.0 Å². The second-order valence-electron chi connectivity index (χ2n) is 10.1. The summed E-state index contributed by atoms with van der Waals surface area (Å²) < 4.78 is 15.1. The molecule has 0 N–H and O–H groups in total. The van der Waals surface area contributed by atoms with Crippen LogP contribution in [0.25, 0.3) is 22.3 Å². The lowest BCUT2D eigenvalue weighted by Crippen LogP contribution is -2.21. The van der Waals surface area contributed by atoms with Crippen molar-refractivity contribution >= 4 is 60.6 Å². The maximum atomic E-state index is 13.8. The van der Waals surface area contributed by atoms with Crippen molar-refractivity contribution in [1.82, 2.24) is 9.66 Å². The van der Waals surface area contributed by atoms with Crippen molar-refractivity contribution in [2.75, 3.05) is 7.11 Å². The average Bonchev–Trinajstić information content (AvgIpc) is 2.96.